The van der Waals surface area contributed by atoms with Crippen molar-refractivity contribution in [2.24, 2.45) is 0 Å². The SMILES string of the molecule is CC(C)c1ccc(C(=O)N2CCN(CC(=O)O)[C@@H]3CS(=O)(=O)C[C@@H]32)cc1. The topological polar surface area (TPSA) is 95.0 Å². The Morgan fingerprint density at radius 3 is 2.31 bits per heavy atom. The number of hydrogen-bond acceptors (Lipinski definition) is 5. The number of piperazine rings is 1. The molecule has 26 heavy (non-hydrogen) atoms. The zero-order chi connectivity index (χ0) is 19.1. The van der Waals surface area contributed by atoms with Gasteiger partial charge in [-0.3, -0.25) is 14.5 Å². The van der Waals surface area contributed by atoms with E-state index in [2.05, 4.69) is 13.8 Å². The molecule has 2 aliphatic rings. The lowest BCUT2D eigenvalue weighted by molar-refractivity contribution is -0.139. The van der Waals surface area contributed by atoms with E-state index in [0.29, 0.717) is 24.6 Å². The number of nitrogens with zero attached hydrogens (tertiary/aromatic N) is 2. The molecule has 142 valence electrons. The number of carboxylic acid groups (broad SMARTS) is 1. The van der Waals surface area contributed by atoms with Gasteiger partial charge in [-0.1, -0.05) is 26.0 Å². The smallest absolute Gasteiger partial charge is 0.317 e. The summed E-state index contributed by atoms with van der Waals surface area (Å²) in [6.45, 7) is 4.63. The van der Waals surface area contributed by atoms with E-state index in [0.717, 1.165) is 5.56 Å². The van der Waals surface area contributed by atoms with Crippen molar-refractivity contribution < 1.29 is 23.1 Å². The summed E-state index contributed by atoms with van der Waals surface area (Å²) in [7, 11) is -3.29. The quantitative estimate of drug-likeness (QED) is 0.831. The highest BCUT2D eigenvalue weighted by Gasteiger charge is 2.48. The zero-order valence-electron chi connectivity index (χ0n) is 15.0. The second kappa shape index (κ2) is 7.00. The number of aliphatic carboxylic acids is 1. The molecule has 2 heterocycles. The molecule has 0 saturated carbocycles. The van der Waals surface area contributed by atoms with Crippen LogP contribution in [0.25, 0.3) is 0 Å². The van der Waals surface area contributed by atoms with E-state index in [-0.39, 0.29) is 24.0 Å². The van der Waals surface area contributed by atoms with Crippen molar-refractivity contribution in [1.82, 2.24) is 9.80 Å². The molecule has 0 bridgehead atoms. The van der Waals surface area contributed by atoms with Crippen LogP contribution in [0.15, 0.2) is 24.3 Å². The van der Waals surface area contributed by atoms with Gasteiger partial charge in [0.05, 0.1) is 24.1 Å². The summed E-state index contributed by atoms with van der Waals surface area (Å²) >= 11 is 0. The van der Waals surface area contributed by atoms with Gasteiger partial charge in [-0.25, -0.2) is 8.42 Å². The van der Waals surface area contributed by atoms with E-state index in [9.17, 15) is 18.0 Å². The normalized spacial score (nSPS) is 25.3. The largest absolute Gasteiger partial charge is 0.480 e. The van der Waals surface area contributed by atoms with Crippen LogP contribution in [0.4, 0.5) is 0 Å². The Morgan fingerprint density at radius 1 is 1.12 bits per heavy atom. The Balaban J connectivity index is 1.83. The minimum Gasteiger partial charge on any atom is -0.480 e. The first-order valence-corrected chi connectivity index (χ1v) is 10.6. The second-order valence-electron chi connectivity index (χ2n) is 7.35. The number of amides is 1. The van der Waals surface area contributed by atoms with Crippen LogP contribution in [0.1, 0.15) is 35.7 Å². The lowest BCUT2D eigenvalue weighted by Crippen LogP contribution is -2.61. The number of carbonyl (C=O) groups excluding carboxylic acids is 1. The first-order valence-electron chi connectivity index (χ1n) is 8.75. The molecule has 1 aromatic carbocycles. The van der Waals surface area contributed by atoms with Crippen LogP contribution in [0, 0.1) is 0 Å². The van der Waals surface area contributed by atoms with Crippen LogP contribution in [-0.4, -0.2) is 78.4 Å². The summed E-state index contributed by atoms with van der Waals surface area (Å²) in [4.78, 5) is 27.3. The number of fused-ring (bicyclic) bond motifs is 1. The van der Waals surface area contributed by atoms with Gasteiger partial charge in [0.1, 0.15) is 0 Å². The minimum absolute atomic E-state index is 0.0962. The molecule has 2 atom stereocenters. The number of rotatable bonds is 4. The molecule has 0 unspecified atom stereocenters. The predicted molar refractivity (Wildman–Crippen MR) is 97.0 cm³/mol. The summed E-state index contributed by atoms with van der Waals surface area (Å²) in [5.74, 6) is -1.02. The zero-order valence-corrected chi connectivity index (χ0v) is 15.8. The van der Waals surface area contributed by atoms with Gasteiger partial charge in [0, 0.05) is 24.7 Å². The first-order chi connectivity index (χ1) is 12.2. The number of hydrogen-bond donors (Lipinski definition) is 1. The third kappa shape index (κ3) is 3.76. The summed E-state index contributed by atoms with van der Waals surface area (Å²) < 4.78 is 24.3. The number of carbonyl (C=O) groups is 2. The van der Waals surface area contributed by atoms with E-state index in [1.165, 1.54) is 0 Å². The molecule has 2 aliphatic heterocycles. The lowest BCUT2D eigenvalue weighted by atomic mass is 10.00. The summed E-state index contributed by atoms with van der Waals surface area (Å²) in [5, 5.41) is 9.07. The molecule has 0 aliphatic carbocycles. The van der Waals surface area contributed by atoms with Crippen LogP contribution >= 0.6 is 0 Å². The van der Waals surface area contributed by atoms with E-state index >= 15 is 0 Å². The molecule has 1 aromatic rings. The van der Waals surface area contributed by atoms with Crippen molar-refractivity contribution in [1.29, 1.82) is 0 Å². The Kier molecular flexibility index (Phi) is 5.07. The predicted octanol–water partition coefficient (Wildman–Crippen LogP) is 0.818. The molecule has 2 fully saturated rings. The van der Waals surface area contributed by atoms with Gasteiger partial charge in [-0.05, 0) is 23.6 Å². The fraction of sp³-hybridized carbons (Fsp3) is 0.556. The van der Waals surface area contributed by atoms with Crippen molar-refractivity contribution in [3.8, 4) is 0 Å². The van der Waals surface area contributed by atoms with Gasteiger partial charge in [0.15, 0.2) is 9.84 Å². The van der Waals surface area contributed by atoms with Gasteiger partial charge in [-0.2, -0.15) is 0 Å². The van der Waals surface area contributed by atoms with Crippen LogP contribution in [-0.2, 0) is 14.6 Å². The Bertz CT molecular complexity index is 803. The van der Waals surface area contributed by atoms with E-state index in [1.54, 1.807) is 21.9 Å². The van der Waals surface area contributed by atoms with Gasteiger partial charge in [-0.15, -0.1) is 0 Å². The van der Waals surface area contributed by atoms with Crippen LogP contribution in [0.3, 0.4) is 0 Å². The first kappa shape index (κ1) is 18.8. The average Bonchev–Trinajstić information content (AvgIpc) is 2.89. The van der Waals surface area contributed by atoms with Gasteiger partial charge in [0.2, 0.25) is 0 Å². The maximum absolute atomic E-state index is 13.0. The van der Waals surface area contributed by atoms with E-state index in [4.69, 9.17) is 5.11 Å². The van der Waals surface area contributed by atoms with Gasteiger partial charge in [0.25, 0.3) is 5.91 Å². The molecular formula is C18H24N2O5S. The second-order valence-corrected chi connectivity index (χ2v) is 9.50. The third-order valence-electron chi connectivity index (χ3n) is 5.21. The van der Waals surface area contributed by atoms with E-state index in [1.807, 2.05) is 12.1 Å². The molecular weight excluding hydrogens is 356 g/mol. The fourth-order valence-electron chi connectivity index (χ4n) is 3.82. The summed E-state index contributed by atoms with van der Waals surface area (Å²) in [6.07, 6.45) is 0. The third-order valence-corrected chi connectivity index (χ3v) is 6.91. The Hall–Kier alpha value is -1.93. The highest BCUT2D eigenvalue weighted by molar-refractivity contribution is 7.91. The molecule has 7 nitrogen and oxygen atoms in total. The maximum atomic E-state index is 13.0. The Labute approximate surface area is 153 Å². The minimum atomic E-state index is -3.29. The van der Waals surface area contributed by atoms with Crippen molar-refractivity contribution in [2.75, 3.05) is 31.1 Å². The number of carboxylic acids is 1. The van der Waals surface area contributed by atoms with Gasteiger partial charge < -0.3 is 10.0 Å². The van der Waals surface area contributed by atoms with Crippen LogP contribution in [0.5, 0.6) is 0 Å². The van der Waals surface area contributed by atoms with Crippen molar-refractivity contribution in [3.63, 3.8) is 0 Å². The van der Waals surface area contributed by atoms with Gasteiger partial charge >= 0.3 is 5.97 Å². The lowest BCUT2D eigenvalue weighted by Gasteiger charge is -2.43. The molecule has 2 saturated heterocycles. The Morgan fingerprint density at radius 2 is 1.73 bits per heavy atom. The molecule has 3 rings (SSSR count). The molecule has 1 N–H and O–H groups in total. The van der Waals surface area contributed by atoms with Crippen LogP contribution < -0.4 is 0 Å². The maximum Gasteiger partial charge on any atom is 0.317 e. The average molecular weight is 380 g/mol. The molecule has 0 aromatic heterocycles. The van der Waals surface area contributed by atoms with E-state index < -0.39 is 27.9 Å². The monoisotopic (exact) mass is 380 g/mol. The number of sulfone groups is 1. The van der Waals surface area contributed by atoms with Crippen molar-refractivity contribution >= 4 is 21.7 Å². The summed E-state index contributed by atoms with van der Waals surface area (Å²) in [6, 6.07) is 6.44. The highest BCUT2D eigenvalue weighted by Crippen LogP contribution is 2.28. The molecule has 0 radical (unpaired) electrons. The molecule has 0 spiro atoms. The molecule has 1 amide bonds. The van der Waals surface area contributed by atoms with Crippen molar-refractivity contribution in [2.45, 2.75) is 31.8 Å². The molecule has 8 heteroatoms. The summed E-state index contributed by atoms with van der Waals surface area (Å²) in [5.41, 5.74) is 1.67. The van der Waals surface area contributed by atoms with Crippen molar-refractivity contribution in [3.05, 3.63) is 35.4 Å². The highest BCUT2D eigenvalue weighted by atomic mass is 32.2. The standard InChI is InChI=1S/C18H24N2O5S/c1-12(2)13-3-5-14(6-4-13)18(23)20-8-7-19(9-17(21)22)15-10-26(24,25)11-16(15)20/h3-6,12,15-16H,7-11H2,1-2H3,(H,21,22)/t15-,16+/m1/s1. The number of benzene rings is 1. The van der Waals surface area contributed by atoms with Crippen LogP contribution in [0.2, 0.25) is 0 Å². The fourth-order valence-corrected chi connectivity index (χ4v) is 5.84.